The van der Waals surface area contributed by atoms with Gasteiger partial charge in [0.2, 0.25) is 0 Å². The number of nitrogens with two attached hydrogens (primary N) is 1. The van der Waals surface area contributed by atoms with Gasteiger partial charge in [-0.1, -0.05) is 12.1 Å². The Morgan fingerprint density at radius 3 is 2.94 bits per heavy atom. The minimum absolute atomic E-state index is 0.0841. The SMILES string of the molecule is Cc1[nH]c2c(O)cccc2c1C(=O)NC(C)CN. The Morgan fingerprint density at radius 1 is 1.56 bits per heavy atom. The van der Waals surface area contributed by atoms with Crippen LogP contribution in [-0.4, -0.2) is 28.6 Å². The van der Waals surface area contributed by atoms with Crippen LogP contribution in [-0.2, 0) is 0 Å². The number of aromatic hydroxyl groups is 1. The van der Waals surface area contributed by atoms with Crippen LogP contribution in [0.3, 0.4) is 0 Å². The maximum Gasteiger partial charge on any atom is 0.253 e. The number of fused-ring (bicyclic) bond motifs is 1. The summed E-state index contributed by atoms with van der Waals surface area (Å²) >= 11 is 0. The molecule has 5 heteroatoms. The maximum absolute atomic E-state index is 12.2. The van der Waals surface area contributed by atoms with Crippen molar-refractivity contribution in [1.82, 2.24) is 10.3 Å². The number of phenolic OH excluding ortho intramolecular Hbond substituents is 1. The van der Waals surface area contributed by atoms with Crippen LogP contribution >= 0.6 is 0 Å². The Balaban J connectivity index is 2.47. The monoisotopic (exact) mass is 247 g/mol. The van der Waals surface area contributed by atoms with Crippen LogP contribution in [0.15, 0.2) is 18.2 Å². The molecule has 0 aliphatic rings. The molecule has 5 nitrogen and oxygen atoms in total. The van der Waals surface area contributed by atoms with Crippen molar-refractivity contribution in [1.29, 1.82) is 0 Å². The number of nitrogens with one attached hydrogen (secondary N) is 2. The summed E-state index contributed by atoms with van der Waals surface area (Å²) in [5.74, 6) is -0.0381. The molecule has 96 valence electrons. The number of carbonyl (C=O) groups excluding carboxylic acids is 1. The molecule has 0 radical (unpaired) electrons. The second-order valence-electron chi connectivity index (χ2n) is 4.43. The number of amides is 1. The van der Waals surface area contributed by atoms with Crippen molar-refractivity contribution in [3.8, 4) is 5.75 Å². The van der Waals surface area contributed by atoms with Crippen molar-refractivity contribution < 1.29 is 9.90 Å². The van der Waals surface area contributed by atoms with Gasteiger partial charge in [-0.15, -0.1) is 0 Å². The average Bonchev–Trinajstić information content (AvgIpc) is 2.67. The van der Waals surface area contributed by atoms with Crippen LogP contribution in [0.25, 0.3) is 10.9 Å². The number of benzene rings is 1. The van der Waals surface area contributed by atoms with Gasteiger partial charge in [0, 0.05) is 23.7 Å². The molecule has 2 aromatic rings. The first kappa shape index (κ1) is 12.4. The van der Waals surface area contributed by atoms with Gasteiger partial charge >= 0.3 is 0 Å². The number of hydrogen-bond acceptors (Lipinski definition) is 3. The lowest BCUT2D eigenvalue weighted by molar-refractivity contribution is 0.0942. The van der Waals surface area contributed by atoms with Gasteiger partial charge < -0.3 is 21.1 Å². The van der Waals surface area contributed by atoms with Crippen LogP contribution in [0.1, 0.15) is 23.0 Å². The lowest BCUT2D eigenvalue weighted by atomic mass is 10.1. The first-order chi connectivity index (χ1) is 8.54. The average molecular weight is 247 g/mol. The van der Waals surface area contributed by atoms with Gasteiger partial charge in [-0.2, -0.15) is 0 Å². The molecule has 0 fully saturated rings. The Kier molecular flexibility index (Phi) is 3.25. The highest BCUT2D eigenvalue weighted by atomic mass is 16.3. The Morgan fingerprint density at radius 2 is 2.28 bits per heavy atom. The van der Waals surface area contributed by atoms with Crippen LogP contribution in [0.4, 0.5) is 0 Å². The number of phenols is 1. The third-order valence-electron chi connectivity index (χ3n) is 2.96. The minimum atomic E-state index is -0.178. The number of aryl methyl sites for hydroxylation is 1. The maximum atomic E-state index is 12.2. The summed E-state index contributed by atoms with van der Waals surface area (Å²) in [5.41, 5.74) is 7.36. The van der Waals surface area contributed by atoms with Gasteiger partial charge in [0.05, 0.1) is 11.1 Å². The molecule has 1 unspecified atom stereocenters. The molecule has 5 N–H and O–H groups in total. The lowest BCUT2D eigenvalue weighted by Crippen LogP contribution is -2.37. The first-order valence-electron chi connectivity index (χ1n) is 5.85. The summed E-state index contributed by atoms with van der Waals surface area (Å²) in [6.45, 7) is 4.04. The molecular weight excluding hydrogens is 230 g/mol. The fourth-order valence-electron chi connectivity index (χ4n) is 1.98. The normalized spacial score (nSPS) is 12.6. The van der Waals surface area contributed by atoms with Crippen molar-refractivity contribution in [3.05, 3.63) is 29.5 Å². The molecule has 1 atom stereocenters. The second kappa shape index (κ2) is 4.70. The number of H-pyrrole nitrogens is 1. The van der Waals surface area contributed by atoms with E-state index in [0.717, 1.165) is 5.69 Å². The van der Waals surface area contributed by atoms with Crippen LogP contribution in [0.2, 0.25) is 0 Å². The number of carbonyl (C=O) groups is 1. The van der Waals surface area contributed by atoms with E-state index < -0.39 is 0 Å². The summed E-state index contributed by atoms with van der Waals surface area (Å²) in [4.78, 5) is 15.2. The van der Waals surface area contributed by atoms with Crippen molar-refractivity contribution in [2.75, 3.05) is 6.54 Å². The Hall–Kier alpha value is -2.01. The molecule has 1 amide bonds. The van der Waals surface area contributed by atoms with E-state index in [9.17, 15) is 9.90 Å². The van der Waals surface area contributed by atoms with E-state index >= 15 is 0 Å². The van der Waals surface area contributed by atoms with E-state index in [1.165, 1.54) is 0 Å². The highest BCUT2D eigenvalue weighted by Crippen LogP contribution is 2.28. The number of para-hydroxylation sites is 1. The van der Waals surface area contributed by atoms with E-state index in [2.05, 4.69) is 10.3 Å². The zero-order valence-corrected chi connectivity index (χ0v) is 10.4. The summed E-state index contributed by atoms with van der Waals surface area (Å²) in [7, 11) is 0. The molecule has 0 aliphatic carbocycles. The van der Waals surface area contributed by atoms with Gasteiger partial charge in [0.1, 0.15) is 5.75 Å². The number of rotatable bonds is 3. The third-order valence-corrected chi connectivity index (χ3v) is 2.96. The fraction of sp³-hybridized carbons (Fsp3) is 0.308. The summed E-state index contributed by atoms with van der Waals surface area (Å²) in [5, 5.41) is 13.3. The molecular formula is C13H17N3O2. The van der Waals surface area contributed by atoms with Crippen molar-refractivity contribution >= 4 is 16.8 Å². The molecule has 2 rings (SSSR count). The fourth-order valence-corrected chi connectivity index (χ4v) is 1.98. The minimum Gasteiger partial charge on any atom is -0.506 e. The largest absolute Gasteiger partial charge is 0.506 e. The molecule has 0 spiro atoms. The zero-order valence-electron chi connectivity index (χ0n) is 10.4. The summed E-state index contributed by atoms with van der Waals surface area (Å²) < 4.78 is 0. The molecule has 1 heterocycles. The first-order valence-corrected chi connectivity index (χ1v) is 5.85. The molecule has 18 heavy (non-hydrogen) atoms. The summed E-state index contributed by atoms with van der Waals surface area (Å²) in [6, 6.07) is 5.02. The third kappa shape index (κ3) is 2.04. The smallest absolute Gasteiger partial charge is 0.253 e. The standard InChI is InChI=1S/C13H17N3O2/c1-7(6-14)15-13(18)11-8(2)16-12-9(11)4-3-5-10(12)17/h3-5,7,16-17H,6,14H2,1-2H3,(H,15,18). The van der Waals surface area contributed by atoms with E-state index in [0.29, 0.717) is 23.0 Å². The molecule has 0 aliphatic heterocycles. The van der Waals surface area contributed by atoms with E-state index in [1.54, 1.807) is 18.2 Å². The van der Waals surface area contributed by atoms with Gasteiger partial charge in [0.15, 0.2) is 0 Å². The van der Waals surface area contributed by atoms with Crippen molar-refractivity contribution in [2.24, 2.45) is 5.73 Å². The van der Waals surface area contributed by atoms with Crippen LogP contribution < -0.4 is 11.1 Å². The second-order valence-corrected chi connectivity index (χ2v) is 4.43. The predicted molar refractivity (Wildman–Crippen MR) is 70.7 cm³/mol. The van der Waals surface area contributed by atoms with E-state index in [-0.39, 0.29) is 17.7 Å². The molecule has 0 saturated carbocycles. The van der Waals surface area contributed by atoms with Crippen molar-refractivity contribution in [2.45, 2.75) is 19.9 Å². The van der Waals surface area contributed by atoms with Crippen molar-refractivity contribution in [3.63, 3.8) is 0 Å². The Labute approximate surface area is 105 Å². The number of aromatic amines is 1. The van der Waals surface area contributed by atoms with Crippen LogP contribution in [0.5, 0.6) is 5.75 Å². The highest BCUT2D eigenvalue weighted by molar-refractivity contribution is 6.09. The Bertz CT molecular complexity index is 589. The van der Waals surface area contributed by atoms with Gasteiger partial charge in [-0.05, 0) is 19.9 Å². The van der Waals surface area contributed by atoms with Gasteiger partial charge in [-0.25, -0.2) is 0 Å². The number of hydrogen-bond donors (Lipinski definition) is 4. The highest BCUT2D eigenvalue weighted by Gasteiger charge is 2.18. The van der Waals surface area contributed by atoms with E-state index in [4.69, 9.17) is 5.73 Å². The molecule has 1 aromatic carbocycles. The van der Waals surface area contributed by atoms with Gasteiger partial charge in [0.25, 0.3) is 5.91 Å². The quantitative estimate of drug-likeness (QED) is 0.658. The molecule has 0 bridgehead atoms. The van der Waals surface area contributed by atoms with Gasteiger partial charge in [-0.3, -0.25) is 4.79 Å². The lowest BCUT2D eigenvalue weighted by Gasteiger charge is -2.11. The topological polar surface area (TPSA) is 91.1 Å². The summed E-state index contributed by atoms with van der Waals surface area (Å²) in [6.07, 6.45) is 0. The van der Waals surface area contributed by atoms with Crippen LogP contribution in [0, 0.1) is 6.92 Å². The molecule has 1 aromatic heterocycles. The van der Waals surface area contributed by atoms with E-state index in [1.807, 2.05) is 13.8 Å². The number of aromatic nitrogens is 1. The zero-order chi connectivity index (χ0) is 13.3. The molecule has 0 saturated heterocycles. The predicted octanol–water partition coefficient (Wildman–Crippen LogP) is 1.26.